The molecule has 0 bridgehead atoms. The average Bonchev–Trinajstić information content (AvgIpc) is 2.62. The van der Waals surface area contributed by atoms with Gasteiger partial charge in [-0.2, -0.15) is 0 Å². The molecule has 0 aliphatic rings. The standard InChI is InChI=1S/C16H14.C11H16/c1-12(2)14-8-10-15(11-9-14)16-7-5-4-6-13(16)3;1-9-5-7-10(8-6-9)11(2,3)4/h4,6,8-11H,1H2,2-3H3;5-8H,1-4H3. The van der Waals surface area contributed by atoms with Gasteiger partial charge in [-0.15, -0.1) is 0 Å². The first-order valence-corrected chi connectivity index (χ1v) is 9.41. The Kier molecular flexibility index (Phi) is 6.65. The second-order valence-corrected chi connectivity index (χ2v) is 8.13. The maximum atomic E-state index is 3.93. The van der Waals surface area contributed by atoms with Gasteiger partial charge in [0.1, 0.15) is 0 Å². The van der Waals surface area contributed by atoms with Gasteiger partial charge in [-0.05, 0) is 60.6 Å². The normalized spacial score (nSPS) is 10.4. The lowest BCUT2D eigenvalue weighted by molar-refractivity contribution is 0.590. The molecule has 138 valence electrons. The molecule has 0 heterocycles. The average molecular weight is 355 g/mol. The third kappa shape index (κ3) is 5.87. The van der Waals surface area contributed by atoms with Crippen molar-refractivity contribution in [3.63, 3.8) is 0 Å². The number of hydrogen-bond donors (Lipinski definition) is 0. The highest BCUT2D eigenvalue weighted by Crippen LogP contribution is 2.23. The molecule has 27 heavy (non-hydrogen) atoms. The van der Waals surface area contributed by atoms with Gasteiger partial charge in [-0.1, -0.05) is 99.2 Å². The van der Waals surface area contributed by atoms with Gasteiger partial charge in [0.15, 0.2) is 0 Å². The topological polar surface area (TPSA) is 0 Å². The van der Waals surface area contributed by atoms with E-state index in [0.29, 0.717) is 0 Å². The fraction of sp³-hybridized carbons (Fsp3) is 0.259. The van der Waals surface area contributed by atoms with E-state index in [9.17, 15) is 0 Å². The molecule has 0 spiro atoms. The molecule has 0 unspecified atom stereocenters. The van der Waals surface area contributed by atoms with Crippen LogP contribution in [0.5, 0.6) is 0 Å². The second-order valence-electron chi connectivity index (χ2n) is 8.13. The molecule has 0 atom stereocenters. The van der Waals surface area contributed by atoms with Crippen molar-refractivity contribution in [3.8, 4) is 11.1 Å². The Bertz CT molecular complexity index is 873. The van der Waals surface area contributed by atoms with Gasteiger partial charge in [0, 0.05) is 5.56 Å². The molecule has 0 heteroatoms. The largest absolute Gasteiger partial charge is 0.0955 e. The molecule has 0 aromatic heterocycles. The highest BCUT2D eigenvalue weighted by atomic mass is 14.2. The molecule has 0 N–H and O–H groups in total. The summed E-state index contributed by atoms with van der Waals surface area (Å²) in [7, 11) is 0. The minimum atomic E-state index is 0.285. The van der Waals surface area contributed by atoms with Gasteiger partial charge >= 0.3 is 0 Å². The number of benzene rings is 2. The van der Waals surface area contributed by atoms with Crippen molar-refractivity contribution >= 4 is 5.57 Å². The Balaban J connectivity index is 0.000000208. The first-order chi connectivity index (χ1) is 12.7. The van der Waals surface area contributed by atoms with Gasteiger partial charge in [0.05, 0.1) is 0 Å². The van der Waals surface area contributed by atoms with E-state index in [4.69, 9.17) is 0 Å². The summed E-state index contributed by atoms with van der Waals surface area (Å²) in [6.45, 7) is 16.9. The molecular formula is C27H30. The SMILES string of the molecule is C=C(C)c1ccc(-c2c#cccc2C)cc1.Cc1ccc(C(C)(C)C)cc1. The second kappa shape index (κ2) is 8.74. The molecule has 0 radical (unpaired) electrons. The van der Waals surface area contributed by atoms with E-state index in [0.717, 1.165) is 11.1 Å². The summed E-state index contributed by atoms with van der Waals surface area (Å²) in [4.78, 5) is 0. The summed E-state index contributed by atoms with van der Waals surface area (Å²) in [6.07, 6.45) is 0. The van der Waals surface area contributed by atoms with Gasteiger partial charge < -0.3 is 0 Å². The van der Waals surface area contributed by atoms with Crippen LogP contribution in [0, 0.1) is 26.0 Å². The molecule has 3 rings (SSSR count). The van der Waals surface area contributed by atoms with Crippen molar-refractivity contribution in [2.45, 2.75) is 47.0 Å². The predicted molar refractivity (Wildman–Crippen MR) is 119 cm³/mol. The van der Waals surface area contributed by atoms with Gasteiger partial charge in [-0.25, -0.2) is 0 Å². The van der Waals surface area contributed by atoms with E-state index in [-0.39, 0.29) is 5.41 Å². The van der Waals surface area contributed by atoms with E-state index in [1.165, 1.54) is 27.8 Å². The molecule has 3 aromatic rings. The summed E-state index contributed by atoms with van der Waals surface area (Å²) in [6, 6.07) is 27.2. The summed E-state index contributed by atoms with van der Waals surface area (Å²) in [5.41, 5.74) is 8.82. The van der Waals surface area contributed by atoms with Crippen LogP contribution in [0.15, 0.2) is 67.2 Å². The molecule has 0 aliphatic heterocycles. The van der Waals surface area contributed by atoms with Crippen LogP contribution < -0.4 is 0 Å². The van der Waals surface area contributed by atoms with Crippen LogP contribution in [0.2, 0.25) is 0 Å². The van der Waals surface area contributed by atoms with Gasteiger partial charge in [0.2, 0.25) is 0 Å². The van der Waals surface area contributed by atoms with Crippen molar-refractivity contribution in [1.29, 1.82) is 0 Å². The maximum absolute atomic E-state index is 3.93. The third-order valence-corrected chi connectivity index (χ3v) is 4.59. The lowest BCUT2D eigenvalue weighted by atomic mass is 9.87. The summed E-state index contributed by atoms with van der Waals surface area (Å²) in [5.74, 6) is 0. The molecule has 0 saturated carbocycles. The Morgan fingerprint density at radius 1 is 0.852 bits per heavy atom. The number of aryl methyl sites for hydroxylation is 2. The quantitative estimate of drug-likeness (QED) is 0.445. The van der Waals surface area contributed by atoms with Crippen molar-refractivity contribution in [3.05, 3.63) is 102 Å². The minimum absolute atomic E-state index is 0.285. The van der Waals surface area contributed by atoms with Crippen molar-refractivity contribution in [2.24, 2.45) is 0 Å². The molecule has 0 saturated heterocycles. The Morgan fingerprint density at radius 2 is 1.44 bits per heavy atom. The van der Waals surface area contributed by atoms with Crippen LogP contribution in [0.4, 0.5) is 0 Å². The van der Waals surface area contributed by atoms with E-state index >= 15 is 0 Å². The zero-order valence-corrected chi connectivity index (χ0v) is 17.5. The zero-order chi connectivity index (χ0) is 20.0. The van der Waals surface area contributed by atoms with Crippen molar-refractivity contribution in [2.75, 3.05) is 0 Å². The van der Waals surface area contributed by atoms with E-state index in [2.05, 4.69) is 108 Å². The Labute approximate surface area is 165 Å². The molecule has 3 aromatic carbocycles. The van der Waals surface area contributed by atoms with Crippen molar-refractivity contribution < 1.29 is 0 Å². The number of hydrogen-bond acceptors (Lipinski definition) is 0. The first-order valence-electron chi connectivity index (χ1n) is 9.41. The van der Waals surface area contributed by atoms with Crippen molar-refractivity contribution in [1.82, 2.24) is 0 Å². The minimum Gasteiger partial charge on any atom is -0.0955 e. The van der Waals surface area contributed by atoms with Crippen LogP contribution in [-0.2, 0) is 5.41 Å². The van der Waals surface area contributed by atoms with E-state index in [1.54, 1.807) is 0 Å². The smallest absolute Gasteiger partial charge is 0.0350 e. The van der Waals surface area contributed by atoms with Gasteiger partial charge in [-0.3, -0.25) is 0 Å². The third-order valence-electron chi connectivity index (χ3n) is 4.59. The number of rotatable bonds is 2. The summed E-state index contributed by atoms with van der Waals surface area (Å²) in [5, 5.41) is 0. The van der Waals surface area contributed by atoms with E-state index in [1.807, 2.05) is 13.0 Å². The first kappa shape index (κ1) is 20.5. The lowest BCUT2D eigenvalue weighted by Crippen LogP contribution is -2.10. The molecule has 0 fully saturated rings. The van der Waals surface area contributed by atoms with Crippen LogP contribution in [0.25, 0.3) is 16.7 Å². The predicted octanol–water partition coefficient (Wildman–Crippen LogP) is 7.59. The van der Waals surface area contributed by atoms with Crippen LogP contribution >= 0.6 is 0 Å². The Morgan fingerprint density at radius 3 is 1.93 bits per heavy atom. The fourth-order valence-corrected chi connectivity index (χ4v) is 2.74. The fourth-order valence-electron chi connectivity index (χ4n) is 2.74. The van der Waals surface area contributed by atoms with E-state index < -0.39 is 0 Å². The van der Waals surface area contributed by atoms with Crippen LogP contribution in [0.3, 0.4) is 0 Å². The number of allylic oxidation sites excluding steroid dienone is 1. The molecule has 0 nitrogen and oxygen atoms in total. The maximum Gasteiger partial charge on any atom is 0.0350 e. The lowest BCUT2D eigenvalue weighted by Gasteiger charge is -2.18. The van der Waals surface area contributed by atoms with Crippen LogP contribution in [-0.4, -0.2) is 0 Å². The van der Waals surface area contributed by atoms with Crippen LogP contribution in [0.1, 0.15) is 49.9 Å². The highest BCUT2D eigenvalue weighted by Gasteiger charge is 2.11. The monoisotopic (exact) mass is 354 g/mol. The molecular weight excluding hydrogens is 324 g/mol. The van der Waals surface area contributed by atoms with Gasteiger partial charge in [0.25, 0.3) is 0 Å². The summed E-state index contributed by atoms with van der Waals surface area (Å²) < 4.78 is 0. The molecule has 0 amide bonds. The zero-order valence-electron chi connectivity index (χ0n) is 17.5. The summed E-state index contributed by atoms with van der Waals surface area (Å²) >= 11 is 0. The molecule has 0 aliphatic carbocycles. The highest BCUT2D eigenvalue weighted by molar-refractivity contribution is 5.69. The Hall–Kier alpha value is -2.78.